The average Bonchev–Trinajstić information content (AvgIpc) is 3.29. The molecule has 1 aromatic carbocycles. The molecule has 1 N–H and O–H groups in total. The van der Waals surface area contributed by atoms with Crippen LogP contribution in [0.4, 0.5) is 0 Å². The highest BCUT2D eigenvalue weighted by Gasteiger charge is 2.41. The van der Waals surface area contributed by atoms with E-state index in [1.165, 1.54) is 23.3 Å². The van der Waals surface area contributed by atoms with Crippen molar-refractivity contribution < 1.29 is 4.52 Å². The number of benzene rings is 1. The van der Waals surface area contributed by atoms with Crippen molar-refractivity contribution in [3.63, 3.8) is 0 Å². The van der Waals surface area contributed by atoms with Crippen molar-refractivity contribution in [2.24, 2.45) is 0 Å². The minimum absolute atomic E-state index is 0.394. The normalized spacial score (nSPS) is 23.3. The predicted molar refractivity (Wildman–Crippen MR) is 95.5 cm³/mol. The summed E-state index contributed by atoms with van der Waals surface area (Å²) in [5.41, 5.74) is 0.811. The maximum absolute atomic E-state index is 12.1. The van der Waals surface area contributed by atoms with E-state index in [0.29, 0.717) is 23.5 Å². The summed E-state index contributed by atoms with van der Waals surface area (Å²) < 4.78 is 6.65. The van der Waals surface area contributed by atoms with Crippen LogP contribution in [0, 0.1) is 0 Å². The van der Waals surface area contributed by atoms with Gasteiger partial charge < -0.3 is 9.42 Å². The van der Waals surface area contributed by atoms with Crippen molar-refractivity contribution in [1.29, 1.82) is 0 Å². The molecule has 0 spiro atoms. The summed E-state index contributed by atoms with van der Waals surface area (Å²) in [5, 5.41) is 4.78. The second-order valence-corrected chi connectivity index (χ2v) is 7.23. The van der Waals surface area contributed by atoms with Gasteiger partial charge in [0.2, 0.25) is 0 Å². The number of fused-ring (bicyclic) bond motifs is 3. The molecule has 5 rings (SSSR count). The summed E-state index contributed by atoms with van der Waals surface area (Å²) in [4.78, 5) is 30.6. The molecule has 2 aromatic heterocycles. The van der Waals surface area contributed by atoms with Crippen LogP contribution in [0.3, 0.4) is 0 Å². The first kappa shape index (κ1) is 15.5. The Morgan fingerprint density at radius 3 is 2.85 bits per heavy atom. The van der Waals surface area contributed by atoms with Crippen LogP contribution in [0.1, 0.15) is 12.0 Å². The standard InChI is InChI=1S/C18H19N5O3/c1-21-9-13-7-12(21)10-22(13)8-11-2-3-15-14(6-11)17(20-26-15)23-5-4-16(24)19-18(23)25/h2-6,12-13H,7-10H2,1H3,(H,19,24,25)/t12-,13-/m1/s1. The Kier molecular flexibility index (Phi) is 3.38. The molecular formula is C18H19N5O3. The zero-order valence-corrected chi connectivity index (χ0v) is 14.4. The van der Waals surface area contributed by atoms with Crippen molar-refractivity contribution in [3.05, 3.63) is 56.9 Å². The van der Waals surface area contributed by atoms with E-state index in [1.54, 1.807) is 0 Å². The number of hydrogen-bond acceptors (Lipinski definition) is 6. The number of piperazine rings is 1. The van der Waals surface area contributed by atoms with Crippen molar-refractivity contribution in [2.45, 2.75) is 25.0 Å². The van der Waals surface area contributed by atoms with Crippen LogP contribution in [0.2, 0.25) is 0 Å². The Hall–Kier alpha value is -2.71. The summed E-state index contributed by atoms with van der Waals surface area (Å²) in [5.74, 6) is 0.394. The maximum Gasteiger partial charge on any atom is 0.334 e. The van der Waals surface area contributed by atoms with E-state index >= 15 is 0 Å². The van der Waals surface area contributed by atoms with Crippen molar-refractivity contribution in [3.8, 4) is 5.82 Å². The molecule has 0 amide bonds. The van der Waals surface area contributed by atoms with Gasteiger partial charge in [-0.2, -0.15) is 0 Å². The zero-order valence-electron chi connectivity index (χ0n) is 14.4. The van der Waals surface area contributed by atoms with Crippen LogP contribution < -0.4 is 11.2 Å². The monoisotopic (exact) mass is 353 g/mol. The highest BCUT2D eigenvalue weighted by atomic mass is 16.5. The van der Waals surface area contributed by atoms with Crippen molar-refractivity contribution in [2.75, 3.05) is 20.1 Å². The third kappa shape index (κ3) is 2.41. The first-order chi connectivity index (χ1) is 12.6. The number of nitrogens with one attached hydrogen (secondary N) is 1. The van der Waals surface area contributed by atoms with Gasteiger partial charge >= 0.3 is 5.69 Å². The van der Waals surface area contributed by atoms with E-state index in [9.17, 15) is 9.59 Å². The number of hydrogen-bond donors (Lipinski definition) is 1. The summed E-state index contributed by atoms with van der Waals surface area (Å²) in [7, 11) is 2.19. The van der Waals surface area contributed by atoms with Crippen molar-refractivity contribution >= 4 is 11.0 Å². The summed E-state index contributed by atoms with van der Waals surface area (Å²) >= 11 is 0. The fourth-order valence-corrected chi connectivity index (χ4v) is 4.21. The highest BCUT2D eigenvalue weighted by molar-refractivity contribution is 5.84. The number of rotatable bonds is 3. The molecule has 2 aliphatic heterocycles. The second kappa shape index (κ2) is 5.65. The van der Waals surface area contributed by atoms with Gasteiger partial charge in [0.1, 0.15) is 0 Å². The van der Waals surface area contributed by atoms with Gasteiger partial charge in [-0.25, -0.2) is 9.36 Å². The summed E-state index contributed by atoms with van der Waals surface area (Å²) in [6.45, 7) is 3.09. The van der Waals surface area contributed by atoms with Gasteiger partial charge in [-0.15, -0.1) is 0 Å². The Labute approximate surface area is 148 Å². The average molecular weight is 353 g/mol. The number of likely N-dealkylation sites (tertiary alicyclic amines) is 2. The molecule has 2 saturated heterocycles. The smallest absolute Gasteiger partial charge is 0.334 e. The molecule has 3 aromatic rings. The van der Waals surface area contributed by atoms with Crippen LogP contribution in [0.25, 0.3) is 16.8 Å². The van der Waals surface area contributed by atoms with Gasteiger partial charge in [-0.1, -0.05) is 11.2 Å². The van der Waals surface area contributed by atoms with Gasteiger partial charge in [-0.3, -0.25) is 14.7 Å². The Bertz CT molecular complexity index is 1100. The number of nitrogens with zero attached hydrogens (tertiary/aromatic N) is 4. The molecule has 4 heterocycles. The van der Waals surface area contributed by atoms with E-state index in [2.05, 4.69) is 27.0 Å². The molecule has 134 valence electrons. The Morgan fingerprint density at radius 2 is 2.12 bits per heavy atom. The molecule has 0 radical (unpaired) electrons. The molecule has 0 unspecified atom stereocenters. The number of H-pyrrole nitrogens is 1. The second-order valence-electron chi connectivity index (χ2n) is 7.23. The van der Waals surface area contributed by atoms with Crippen molar-refractivity contribution in [1.82, 2.24) is 24.5 Å². The molecule has 2 aliphatic rings. The highest BCUT2D eigenvalue weighted by Crippen LogP contribution is 2.31. The van der Waals surface area contributed by atoms with Gasteiger partial charge in [0.05, 0.1) is 5.39 Å². The van der Waals surface area contributed by atoms with Gasteiger partial charge in [0.25, 0.3) is 5.56 Å². The van der Waals surface area contributed by atoms with Gasteiger partial charge in [0.15, 0.2) is 11.4 Å². The third-order valence-electron chi connectivity index (χ3n) is 5.58. The maximum atomic E-state index is 12.1. The fraction of sp³-hybridized carbons (Fsp3) is 0.389. The topological polar surface area (TPSA) is 87.4 Å². The lowest BCUT2D eigenvalue weighted by Gasteiger charge is -2.31. The molecule has 26 heavy (non-hydrogen) atoms. The quantitative estimate of drug-likeness (QED) is 0.740. The van der Waals surface area contributed by atoms with Crippen LogP contribution in [0.15, 0.2) is 44.6 Å². The lowest BCUT2D eigenvalue weighted by atomic mass is 10.1. The molecule has 2 bridgehead atoms. The molecular weight excluding hydrogens is 334 g/mol. The van der Waals surface area contributed by atoms with Crippen LogP contribution in [-0.4, -0.2) is 56.7 Å². The number of aromatic amines is 1. The van der Waals surface area contributed by atoms with Crippen LogP contribution in [0.5, 0.6) is 0 Å². The number of likely N-dealkylation sites (N-methyl/N-ethyl adjacent to an activating group) is 1. The lowest BCUT2D eigenvalue weighted by Crippen LogP contribution is -2.43. The molecule has 8 heteroatoms. The van der Waals surface area contributed by atoms with Gasteiger partial charge in [0, 0.05) is 44.0 Å². The fourth-order valence-electron chi connectivity index (χ4n) is 4.21. The van der Waals surface area contributed by atoms with E-state index in [-0.39, 0.29) is 0 Å². The minimum Gasteiger partial charge on any atom is -0.354 e. The first-order valence-corrected chi connectivity index (χ1v) is 8.73. The summed E-state index contributed by atoms with van der Waals surface area (Å²) in [6.07, 6.45) is 2.66. The molecule has 8 nitrogen and oxygen atoms in total. The predicted octanol–water partition coefficient (Wildman–Crippen LogP) is 0.555. The number of aromatic nitrogens is 3. The largest absolute Gasteiger partial charge is 0.354 e. The molecule has 0 saturated carbocycles. The lowest BCUT2D eigenvalue weighted by molar-refractivity contribution is 0.143. The summed E-state index contributed by atoms with van der Waals surface area (Å²) in [6, 6.07) is 8.53. The minimum atomic E-state index is -0.530. The van der Waals surface area contributed by atoms with E-state index in [1.807, 2.05) is 18.2 Å². The van der Waals surface area contributed by atoms with Gasteiger partial charge in [-0.05, 0) is 31.2 Å². The molecule has 2 atom stereocenters. The Balaban J connectivity index is 1.49. The SMILES string of the molecule is CN1C[C@H]2C[C@@H]1CN2Cc1ccc2onc(-n3ccc(=O)[nH]c3=O)c2c1. The Morgan fingerprint density at radius 1 is 1.23 bits per heavy atom. The van der Waals surface area contributed by atoms with E-state index < -0.39 is 11.2 Å². The molecule has 2 fully saturated rings. The van der Waals surface area contributed by atoms with Crippen LogP contribution >= 0.6 is 0 Å². The molecule has 0 aliphatic carbocycles. The first-order valence-electron chi connectivity index (χ1n) is 8.73. The van der Waals surface area contributed by atoms with Crippen LogP contribution in [-0.2, 0) is 6.54 Å². The van der Waals surface area contributed by atoms with E-state index in [0.717, 1.165) is 30.6 Å². The zero-order chi connectivity index (χ0) is 17.8. The van der Waals surface area contributed by atoms with E-state index in [4.69, 9.17) is 4.52 Å². The third-order valence-corrected chi connectivity index (χ3v) is 5.58.